The van der Waals surface area contributed by atoms with Gasteiger partial charge in [-0.25, -0.2) is 4.79 Å². The van der Waals surface area contributed by atoms with Gasteiger partial charge in [0.1, 0.15) is 6.10 Å². The third-order valence-electron chi connectivity index (χ3n) is 1.85. The molecular formula is C7H10ClNO3. The third kappa shape index (κ3) is 2.37. The third-order valence-corrected chi connectivity index (χ3v) is 1.94. The number of carbonyl (C=O) groups excluding carboxylic acids is 2. The van der Waals surface area contributed by atoms with Gasteiger partial charge in [-0.2, -0.15) is 0 Å². The molecule has 1 aliphatic rings. The molecule has 1 amide bonds. The van der Waals surface area contributed by atoms with Gasteiger partial charge in [-0.3, -0.25) is 4.79 Å². The summed E-state index contributed by atoms with van der Waals surface area (Å²) in [5.41, 5.74) is -0.801. The first-order chi connectivity index (χ1) is 5.59. The predicted octanol–water partition coefficient (Wildman–Crippen LogP) is 0.983. The molecule has 1 saturated heterocycles. The molecule has 1 fully saturated rings. The van der Waals surface area contributed by atoms with Crippen LogP contribution in [0.3, 0.4) is 0 Å². The summed E-state index contributed by atoms with van der Waals surface area (Å²) in [5.74, 6) is 0.00289. The fourth-order valence-electron chi connectivity index (χ4n) is 1.24. The highest BCUT2D eigenvalue weighted by Gasteiger charge is 2.26. The van der Waals surface area contributed by atoms with Crippen LogP contribution in [0.25, 0.3) is 0 Å². The van der Waals surface area contributed by atoms with E-state index in [2.05, 4.69) is 0 Å². The van der Waals surface area contributed by atoms with Crippen molar-refractivity contribution in [1.29, 1.82) is 0 Å². The van der Waals surface area contributed by atoms with Crippen LogP contribution in [-0.4, -0.2) is 35.4 Å². The lowest BCUT2D eigenvalue weighted by atomic mass is 10.3. The van der Waals surface area contributed by atoms with E-state index in [4.69, 9.17) is 16.3 Å². The smallest absolute Gasteiger partial charge is 0.404 e. The van der Waals surface area contributed by atoms with Crippen LogP contribution in [0.2, 0.25) is 0 Å². The van der Waals surface area contributed by atoms with E-state index < -0.39 is 5.43 Å². The van der Waals surface area contributed by atoms with Gasteiger partial charge in [-0.1, -0.05) is 0 Å². The van der Waals surface area contributed by atoms with Crippen molar-refractivity contribution in [2.45, 2.75) is 19.4 Å². The highest BCUT2D eigenvalue weighted by Crippen LogP contribution is 2.13. The second-order valence-corrected chi connectivity index (χ2v) is 3.04. The molecule has 12 heavy (non-hydrogen) atoms. The van der Waals surface area contributed by atoms with Crippen molar-refractivity contribution in [3.8, 4) is 0 Å². The van der Waals surface area contributed by atoms with Crippen LogP contribution in [-0.2, 0) is 9.53 Å². The Kier molecular flexibility index (Phi) is 2.92. The first-order valence-corrected chi connectivity index (χ1v) is 4.09. The molecule has 68 valence electrons. The summed E-state index contributed by atoms with van der Waals surface area (Å²) in [6.45, 7) is 2.60. The van der Waals surface area contributed by atoms with Gasteiger partial charge >= 0.3 is 5.43 Å². The zero-order valence-corrected chi connectivity index (χ0v) is 7.50. The highest BCUT2D eigenvalue weighted by atomic mass is 35.5. The van der Waals surface area contributed by atoms with Crippen molar-refractivity contribution in [1.82, 2.24) is 4.90 Å². The first-order valence-electron chi connectivity index (χ1n) is 3.71. The van der Waals surface area contributed by atoms with E-state index in [-0.39, 0.29) is 12.0 Å². The van der Waals surface area contributed by atoms with Crippen LogP contribution in [0.1, 0.15) is 13.3 Å². The molecule has 1 atom stereocenters. The Labute approximate surface area is 75.4 Å². The molecule has 0 bridgehead atoms. The van der Waals surface area contributed by atoms with Gasteiger partial charge in [0.05, 0.1) is 6.54 Å². The van der Waals surface area contributed by atoms with Crippen LogP contribution in [0.5, 0.6) is 0 Å². The lowest BCUT2D eigenvalue weighted by Crippen LogP contribution is -2.27. The molecule has 0 radical (unpaired) electrons. The summed E-state index contributed by atoms with van der Waals surface area (Å²) >= 11 is 5.02. The van der Waals surface area contributed by atoms with Crippen LogP contribution in [0.15, 0.2) is 0 Å². The number of likely N-dealkylation sites (tertiary alicyclic amines) is 1. The minimum absolute atomic E-state index is 0.00289. The molecule has 5 heteroatoms. The number of nitrogens with zero attached hydrogens (tertiary/aromatic N) is 1. The average Bonchev–Trinajstić information content (AvgIpc) is 2.34. The predicted molar refractivity (Wildman–Crippen MR) is 43.0 cm³/mol. The van der Waals surface area contributed by atoms with Crippen LogP contribution in [0, 0.1) is 0 Å². The molecule has 0 aliphatic carbocycles. The first kappa shape index (κ1) is 9.32. The monoisotopic (exact) mass is 191 g/mol. The maximum Gasteiger partial charge on any atom is 0.404 e. The van der Waals surface area contributed by atoms with Crippen molar-refractivity contribution in [3.63, 3.8) is 0 Å². The molecular weight excluding hydrogens is 182 g/mol. The molecule has 0 aromatic carbocycles. The van der Waals surface area contributed by atoms with Gasteiger partial charge in [0.2, 0.25) is 5.91 Å². The number of hydrogen-bond acceptors (Lipinski definition) is 3. The van der Waals surface area contributed by atoms with Crippen molar-refractivity contribution in [2.24, 2.45) is 0 Å². The van der Waals surface area contributed by atoms with Gasteiger partial charge in [-0.05, 0) is 0 Å². The normalized spacial score (nSPS) is 22.5. The van der Waals surface area contributed by atoms with Gasteiger partial charge in [0, 0.05) is 31.5 Å². The summed E-state index contributed by atoms with van der Waals surface area (Å²) in [7, 11) is 0. The van der Waals surface area contributed by atoms with Crippen molar-refractivity contribution < 1.29 is 14.3 Å². The van der Waals surface area contributed by atoms with E-state index >= 15 is 0 Å². The number of carbonyl (C=O) groups is 2. The number of rotatable bonds is 1. The summed E-state index contributed by atoms with van der Waals surface area (Å²) in [5, 5.41) is 0. The highest BCUT2D eigenvalue weighted by molar-refractivity contribution is 6.61. The number of halogens is 1. The Balaban J connectivity index is 2.35. The fraction of sp³-hybridized carbons (Fsp3) is 0.714. The second-order valence-electron chi connectivity index (χ2n) is 2.73. The van der Waals surface area contributed by atoms with E-state index in [1.165, 1.54) is 6.92 Å². The molecule has 0 saturated carbocycles. The van der Waals surface area contributed by atoms with Gasteiger partial charge in [0.25, 0.3) is 0 Å². The molecule has 0 unspecified atom stereocenters. The average molecular weight is 192 g/mol. The summed E-state index contributed by atoms with van der Waals surface area (Å²) in [6, 6.07) is 0. The fourth-order valence-corrected chi connectivity index (χ4v) is 1.37. The largest absolute Gasteiger partial charge is 0.448 e. The Morgan fingerprint density at radius 1 is 1.58 bits per heavy atom. The molecule has 1 rings (SSSR count). The molecule has 0 aromatic heterocycles. The standard InChI is InChI=1S/C7H10ClNO3/c1-5(10)9-3-2-6(4-9)12-7(8)11/h6H,2-4H2,1H3/t6-/m1/s1. The second kappa shape index (κ2) is 3.76. The van der Waals surface area contributed by atoms with Gasteiger partial charge < -0.3 is 9.64 Å². The molecule has 1 heterocycles. The van der Waals surface area contributed by atoms with Crippen LogP contribution >= 0.6 is 11.6 Å². The van der Waals surface area contributed by atoms with Gasteiger partial charge in [0.15, 0.2) is 0 Å². The maximum atomic E-state index is 10.8. The van der Waals surface area contributed by atoms with Crippen molar-refractivity contribution in [2.75, 3.05) is 13.1 Å². The lowest BCUT2D eigenvalue weighted by molar-refractivity contribution is -0.128. The van der Waals surface area contributed by atoms with E-state index in [0.29, 0.717) is 19.5 Å². The molecule has 0 aromatic rings. The molecule has 0 spiro atoms. The Morgan fingerprint density at radius 3 is 2.67 bits per heavy atom. The van der Waals surface area contributed by atoms with E-state index in [1.807, 2.05) is 0 Å². The Hall–Kier alpha value is -0.770. The summed E-state index contributed by atoms with van der Waals surface area (Å²) < 4.78 is 4.72. The van der Waals surface area contributed by atoms with Crippen molar-refractivity contribution in [3.05, 3.63) is 0 Å². The minimum atomic E-state index is -0.801. The number of ether oxygens (including phenoxy) is 1. The minimum Gasteiger partial charge on any atom is -0.448 e. The molecule has 1 aliphatic heterocycles. The number of amides is 1. The lowest BCUT2D eigenvalue weighted by Gasteiger charge is -2.12. The van der Waals surface area contributed by atoms with Crippen LogP contribution < -0.4 is 0 Å². The SMILES string of the molecule is CC(=O)N1CC[C@@H](OC(=O)Cl)C1. The summed E-state index contributed by atoms with van der Waals surface area (Å²) in [4.78, 5) is 22.8. The zero-order chi connectivity index (χ0) is 9.14. The molecule has 0 N–H and O–H groups in total. The Morgan fingerprint density at radius 2 is 2.25 bits per heavy atom. The van der Waals surface area contributed by atoms with Crippen LogP contribution in [0.4, 0.5) is 4.79 Å². The molecule has 4 nitrogen and oxygen atoms in total. The Bertz CT molecular complexity index is 207. The van der Waals surface area contributed by atoms with Gasteiger partial charge in [-0.15, -0.1) is 0 Å². The van der Waals surface area contributed by atoms with E-state index in [1.54, 1.807) is 4.90 Å². The summed E-state index contributed by atoms with van der Waals surface area (Å²) in [6.07, 6.45) is 0.455. The van der Waals surface area contributed by atoms with E-state index in [0.717, 1.165) is 0 Å². The zero-order valence-electron chi connectivity index (χ0n) is 6.75. The van der Waals surface area contributed by atoms with Crippen molar-refractivity contribution >= 4 is 22.9 Å². The number of hydrogen-bond donors (Lipinski definition) is 0. The topological polar surface area (TPSA) is 46.6 Å². The van der Waals surface area contributed by atoms with E-state index in [9.17, 15) is 9.59 Å². The maximum absolute atomic E-state index is 10.8. The quantitative estimate of drug-likeness (QED) is 0.581.